The van der Waals surface area contributed by atoms with Crippen LogP contribution < -0.4 is 0 Å². The van der Waals surface area contributed by atoms with Gasteiger partial charge in [0, 0.05) is 9.89 Å². The number of rotatable bonds is 2. The highest BCUT2D eigenvalue weighted by molar-refractivity contribution is 9.10. The van der Waals surface area contributed by atoms with E-state index in [-0.39, 0.29) is 12.0 Å². The molecule has 0 aromatic heterocycles. The summed E-state index contributed by atoms with van der Waals surface area (Å²) in [6, 6.07) is 8.29. The van der Waals surface area contributed by atoms with Crippen molar-refractivity contribution in [3.05, 3.63) is 34.3 Å². The molecule has 2 rings (SSSR count). The van der Waals surface area contributed by atoms with Crippen LogP contribution in [0.5, 0.6) is 0 Å². The molecule has 1 aromatic carbocycles. The van der Waals surface area contributed by atoms with E-state index in [1.807, 2.05) is 12.1 Å². The summed E-state index contributed by atoms with van der Waals surface area (Å²) in [5, 5.41) is 9.37. The lowest BCUT2D eigenvalue weighted by Crippen LogP contribution is -2.37. The van der Waals surface area contributed by atoms with Crippen molar-refractivity contribution in [2.24, 2.45) is 0 Å². The van der Waals surface area contributed by atoms with Gasteiger partial charge >= 0.3 is 0 Å². The van der Waals surface area contributed by atoms with E-state index in [1.165, 1.54) is 12.0 Å². The first-order valence-electron chi connectivity index (χ1n) is 4.64. The Balaban J connectivity index is 2.33. The Morgan fingerprint density at radius 1 is 1.38 bits per heavy atom. The fourth-order valence-electron chi connectivity index (χ4n) is 1.96. The second-order valence-corrected chi connectivity index (χ2v) is 4.72. The monoisotopic (exact) mass is 240 g/mol. The molecule has 0 unspecified atom stereocenters. The number of hydrogen-bond acceptors (Lipinski definition) is 1. The van der Waals surface area contributed by atoms with E-state index < -0.39 is 0 Å². The third-order valence-corrected chi connectivity index (χ3v) is 3.54. The van der Waals surface area contributed by atoms with E-state index in [0.29, 0.717) is 0 Å². The van der Waals surface area contributed by atoms with Gasteiger partial charge in [0.25, 0.3) is 0 Å². The molecule has 1 nitrogen and oxygen atoms in total. The average Bonchev–Trinajstić information content (AvgIpc) is 2.03. The normalized spacial score (nSPS) is 19.5. The summed E-state index contributed by atoms with van der Waals surface area (Å²) in [5.41, 5.74) is 1.35. The molecule has 70 valence electrons. The summed E-state index contributed by atoms with van der Waals surface area (Å²) in [4.78, 5) is 0. The Bertz CT molecular complexity index is 299. The first kappa shape index (κ1) is 9.22. The predicted octanol–water partition coefficient (Wildman–Crippen LogP) is 2.86. The van der Waals surface area contributed by atoms with Gasteiger partial charge in [0.15, 0.2) is 0 Å². The molecular formula is C11H13BrO. The van der Waals surface area contributed by atoms with Crippen LogP contribution in [0.3, 0.4) is 0 Å². The van der Waals surface area contributed by atoms with Crippen LogP contribution in [0.15, 0.2) is 28.7 Å². The summed E-state index contributed by atoms with van der Waals surface area (Å²) in [7, 11) is 0. The molecule has 1 N–H and O–H groups in total. The maximum absolute atomic E-state index is 9.37. The summed E-state index contributed by atoms with van der Waals surface area (Å²) in [6.07, 6.45) is 3.49. The Morgan fingerprint density at radius 3 is 2.62 bits per heavy atom. The minimum Gasteiger partial charge on any atom is -0.395 e. The van der Waals surface area contributed by atoms with Gasteiger partial charge in [-0.2, -0.15) is 0 Å². The van der Waals surface area contributed by atoms with E-state index in [0.717, 1.165) is 17.3 Å². The summed E-state index contributed by atoms with van der Waals surface area (Å²) in [6.45, 7) is 0.281. The quantitative estimate of drug-likeness (QED) is 0.844. The van der Waals surface area contributed by atoms with E-state index in [1.54, 1.807) is 0 Å². The molecule has 0 atom stereocenters. The number of aliphatic hydroxyl groups excluding tert-OH is 1. The summed E-state index contributed by atoms with van der Waals surface area (Å²) >= 11 is 3.46. The van der Waals surface area contributed by atoms with Gasteiger partial charge in [0.2, 0.25) is 0 Å². The minimum atomic E-state index is 0.0732. The van der Waals surface area contributed by atoms with Crippen LogP contribution in [0.1, 0.15) is 24.8 Å². The van der Waals surface area contributed by atoms with Gasteiger partial charge in [-0.3, -0.25) is 0 Å². The van der Waals surface area contributed by atoms with Crippen LogP contribution in [0, 0.1) is 0 Å². The highest BCUT2D eigenvalue weighted by Gasteiger charge is 2.37. The molecule has 0 saturated heterocycles. The van der Waals surface area contributed by atoms with Crippen molar-refractivity contribution < 1.29 is 5.11 Å². The van der Waals surface area contributed by atoms with Crippen LogP contribution in [0.25, 0.3) is 0 Å². The fraction of sp³-hybridized carbons (Fsp3) is 0.455. The zero-order valence-electron chi connectivity index (χ0n) is 7.46. The van der Waals surface area contributed by atoms with Crippen LogP contribution in [-0.4, -0.2) is 11.7 Å². The van der Waals surface area contributed by atoms with Gasteiger partial charge in [-0.15, -0.1) is 0 Å². The summed E-state index contributed by atoms with van der Waals surface area (Å²) < 4.78 is 1.10. The second-order valence-electron chi connectivity index (χ2n) is 3.80. The van der Waals surface area contributed by atoms with Gasteiger partial charge < -0.3 is 5.11 Å². The minimum absolute atomic E-state index is 0.0732. The number of hydrogen-bond donors (Lipinski definition) is 1. The first-order chi connectivity index (χ1) is 6.27. The smallest absolute Gasteiger partial charge is 0.0527 e. The van der Waals surface area contributed by atoms with E-state index in [4.69, 9.17) is 0 Å². The predicted molar refractivity (Wildman–Crippen MR) is 56.8 cm³/mol. The van der Waals surface area contributed by atoms with E-state index >= 15 is 0 Å². The van der Waals surface area contributed by atoms with Crippen LogP contribution in [0.4, 0.5) is 0 Å². The highest BCUT2D eigenvalue weighted by atomic mass is 79.9. The van der Waals surface area contributed by atoms with Crippen molar-refractivity contribution in [2.45, 2.75) is 24.7 Å². The molecule has 1 saturated carbocycles. The fourth-order valence-corrected chi connectivity index (χ4v) is 2.36. The van der Waals surface area contributed by atoms with Crippen molar-refractivity contribution in [3.63, 3.8) is 0 Å². The van der Waals surface area contributed by atoms with Gasteiger partial charge in [-0.05, 0) is 30.5 Å². The standard InChI is InChI=1S/C11H13BrO/c12-10-4-1-3-9(7-10)11(8-13)5-2-6-11/h1,3-4,7,13H,2,5-6,8H2. The number of benzene rings is 1. The molecule has 1 aromatic rings. The van der Waals surface area contributed by atoms with Crippen molar-refractivity contribution in [1.82, 2.24) is 0 Å². The lowest BCUT2D eigenvalue weighted by molar-refractivity contribution is 0.120. The first-order valence-corrected chi connectivity index (χ1v) is 5.43. The van der Waals surface area contributed by atoms with Gasteiger partial charge in [-0.25, -0.2) is 0 Å². The Kier molecular flexibility index (Phi) is 2.43. The van der Waals surface area contributed by atoms with Gasteiger partial charge in [-0.1, -0.05) is 34.5 Å². The molecule has 0 spiro atoms. The maximum atomic E-state index is 9.37. The summed E-state index contributed by atoms with van der Waals surface area (Å²) in [5.74, 6) is 0. The lowest BCUT2D eigenvalue weighted by atomic mass is 9.65. The molecule has 0 amide bonds. The maximum Gasteiger partial charge on any atom is 0.0527 e. The van der Waals surface area contributed by atoms with Crippen LogP contribution in [-0.2, 0) is 5.41 Å². The van der Waals surface area contributed by atoms with Gasteiger partial charge in [0.05, 0.1) is 6.61 Å². The van der Waals surface area contributed by atoms with Crippen LogP contribution in [0.2, 0.25) is 0 Å². The SMILES string of the molecule is OCC1(c2cccc(Br)c2)CCC1. The zero-order valence-corrected chi connectivity index (χ0v) is 9.05. The Hall–Kier alpha value is -0.340. The second kappa shape index (κ2) is 3.43. The van der Waals surface area contributed by atoms with E-state index in [2.05, 4.69) is 28.1 Å². The zero-order chi connectivity index (χ0) is 9.31. The van der Waals surface area contributed by atoms with Crippen molar-refractivity contribution in [2.75, 3.05) is 6.61 Å². The number of aliphatic hydroxyl groups is 1. The van der Waals surface area contributed by atoms with E-state index in [9.17, 15) is 5.11 Å². The largest absolute Gasteiger partial charge is 0.395 e. The molecule has 2 heteroatoms. The van der Waals surface area contributed by atoms with Gasteiger partial charge in [0.1, 0.15) is 0 Å². The molecular weight excluding hydrogens is 228 g/mol. The third kappa shape index (κ3) is 1.53. The van der Waals surface area contributed by atoms with Crippen molar-refractivity contribution in [1.29, 1.82) is 0 Å². The topological polar surface area (TPSA) is 20.2 Å². The van der Waals surface area contributed by atoms with Crippen molar-refractivity contribution >= 4 is 15.9 Å². The Labute approximate surface area is 86.9 Å². The van der Waals surface area contributed by atoms with Crippen LogP contribution >= 0.6 is 15.9 Å². The van der Waals surface area contributed by atoms with Crippen molar-refractivity contribution in [3.8, 4) is 0 Å². The molecule has 1 aliphatic carbocycles. The third-order valence-electron chi connectivity index (χ3n) is 3.05. The lowest BCUT2D eigenvalue weighted by Gasteiger charge is -2.40. The highest BCUT2D eigenvalue weighted by Crippen LogP contribution is 2.43. The average molecular weight is 241 g/mol. The molecule has 0 bridgehead atoms. The molecule has 1 aliphatic rings. The molecule has 0 aliphatic heterocycles. The molecule has 0 heterocycles. The molecule has 13 heavy (non-hydrogen) atoms. The molecule has 0 radical (unpaired) electrons. The Morgan fingerprint density at radius 2 is 2.15 bits per heavy atom. The molecule has 1 fully saturated rings. The number of halogens is 1.